The van der Waals surface area contributed by atoms with E-state index in [1.807, 2.05) is 4.57 Å². The molecule has 2 atom stereocenters. The van der Waals surface area contributed by atoms with Crippen molar-refractivity contribution in [1.82, 2.24) is 18.7 Å². The molecule has 3 heterocycles. The van der Waals surface area contributed by atoms with Gasteiger partial charge in [-0.05, 0) is 50.3 Å². The second-order valence-electron chi connectivity index (χ2n) is 10.5. The van der Waals surface area contributed by atoms with Gasteiger partial charge in [0.25, 0.3) is 5.56 Å². The molecule has 3 aromatic rings. The fraction of sp³-hybridized carbons (Fsp3) is 0.429. The predicted octanol–water partition coefficient (Wildman–Crippen LogP) is 2.14. The van der Waals surface area contributed by atoms with Gasteiger partial charge in [0.15, 0.2) is 11.2 Å². The van der Waals surface area contributed by atoms with E-state index < -0.39 is 22.0 Å². The Morgan fingerprint density at radius 2 is 2.12 bits per heavy atom. The fourth-order valence-electron chi connectivity index (χ4n) is 5.50. The number of hydrogen-bond donors (Lipinski definition) is 2. The van der Waals surface area contributed by atoms with Crippen molar-refractivity contribution in [1.29, 1.82) is 5.26 Å². The summed E-state index contributed by atoms with van der Waals surface area (Å²) in [5, 5.41) is 13.9. The molecule has 40 heavy (non-hydrogen) atoms. The first-order valence-electron chi connectivity index (χ1n) is 13.4. The highest BCUT2D eigenvalue weighted by atomic mass is 32.2. The number of rotatable bonds is 8. The lowest BCUT2D eigenvalue weighted by molar-refractivity contribution is 0.495. The molecular formula is C28H34N8O3S. The summed E-state index contributed by atoms with van der Waals surface area (Å²) in [5.74, 6) is 0.652. The Bertz CT molecular complexity index is 1690. The molecule has 0 saturated carbocycles. The molecule has 1 aromatic carbocycles. The normalized spacial score (nSPS) is 18.6. The molecule has 0 spiro atoms. The van der Waals surface area contributed by atoms with Crippen molar-refractivity contribution in [2.75, 3.05) is 29.6 Å². The highest BCUT2D eigenvalue weighted by Gasteiger charge is 2.27. The Hall–Kier alpha value is -3.95. The number of nitrogens with two attached hydrogens (primary N) is 1. The predicted molar refractivity (Wildman–Crippen MR) is 158 cm³/mol. The van der Waals surface area contributed by atoms with Crippen LogP contribution in [0.25, 0.3) is 11.2 Å². The molecule has 2 unspecified atom stereocenters. The van der Waals surface area contributed by atoms with E-state index in [9.17, 15) is 19.1 Å². The summed E-state index contributed by atoms with van der Waals surface area (Å²) < 4.78 is 16.7. The van der Waals surface area contributed by atoms with Crippen molar-refractivity contribution in [3.8, 4) is 6.07 Å². The molecule has 210 valence electrons. The summed E-state index contributed by atoms with van der Waals surface area (Å²) in [7, 11) is 0.251. The number of aromatic nitrogens is 4. The molecule has 5 rings (SSSR count). The number of piperidine rings is 1. The highest BCUT2D eigenvalue weighted by molar-refractivity contribution is 7.87. The van der Waals surface area contributed by atoms with Crippen LogP contribution in [0.1, 0.15) is 37.7 Å². The summed E-state index contributed by atoms with van der Waals surface area (Å²) in [6.45, 7) is 1.80. The van der Waals surface area contributed by atoms with Crippen LogP contribution in [-0.2, 0) is 30.9 Å². The van der Waals surface area contributed by atoms with E-state index in [4.69, 9.17) is 10.7 Å². The van der Waals surface area contributed by atoms with Crippen molar-refractivity contribution in [2.24, 2.45) is 12.8 Å². The van der Waals surface area contributed by atoms with Gasteiger partial charge in [0.2, 0.25) is 5.95 Å². The second kappa shape index (κ2) is 11.7. The van der Waals surface area contributed by atoms with E-state index in [1.54, 1.807) is 31.3 Å². The van der Waals surface area contributed by atoms with Crippen LogP contribution in [-0.4, -0.2) is 48.3 Å². The van der Waals surface area contributed by atoms with Crippen LogP contribution in [0.4, 0.5) is 11.6 Å². The molecule has 3 N–H and O–H groups in total. The van der Waals surface area contributed by atoms with Crippen LogP contribution in [0.3, 0.4) is 0 Å². The van der Waals surface area contributed by atoms with Crippen molar-refractivity contribution in [3.05, 3.63) is 73.4 Å². The standard InChI is InChI=1S/C28H34N8O3S/c1-33-25-24(35(15-19-7-3-4-8-19)27(32-25)34-12-6-10-21(30)16-34)26(37)36(28(33)38)17-23(18-40(2)39)31-22-11-5-9-20(13-22)14-29/h5,7,9,11,13,18,21,31H,3-4,6,8,10,12,15-17,30H2,1-2H3. The van der Waals surface area contributed by atoms with Gasteiger partial charge in [0, 0.05) is 66.6 Å². The van der Waals surface area contributed by atoms with Crippen LogP contribution in [0.5, 0.6) is 0 Å². The van der Waals surface area contributed by atoms with Crippen LogP contribution < -0.4 is 27.2 Å². The van der Waals surface area contributed by atoms with E-state index in [2.05, 4.69) is 22.4 Å². The zero-order valence-electron chi connectivity index (χ0n) is 22.8. The third kappa shape index (κ3) is 5.66. The summed E-state index contributed by atoms with van der Waals surface area (Å²) in [5.41, 5.74) is 8.67. The van der Waals surface area contributed by atoms with Gasteiger partial charge in [-0.1, -0.05) is 17.7 Å². The zero-order valence-corrected chi connectivity index (χ0v) is 23.6. The Balaban J connectivity index is 1.63. The van der Waals surface area contributed by atoms with Crippen molar-refractivity contribution < 1.29 is 4.21 Å². The minimum Gasteiger partial charge on any atom is -0.357 e. The second-order valence-corrected chi connectivity index (χ2v) is 11.7. The first-order chi connectivity index (χ1) is 19.2. The maximum absolute atomic E-state index is 14.1. The molecule has 1 aliphatic carbocycles. The number of fused-ring (bicyclic) bond motifs is 1. The molecule has 2 aliphatic rings. The molecule has 1 fully saturated rings. The number of imidazole rings is 1. The van der Waals surface area contributed by atoms with Gasteiger partial charge < -0.3 is 20.5 Å². The number of anilines is 2. The average Bonchev–Trinajstić information content (AvgIpc) is 3.58. The quantitative estimate of drug-likeness (QED) is 0.398. The largest absolute Gasteiger partial charge is 0.357 e. The van der Waals surface area contributed by atoms with E-state index in [0.717, 1.165) is 43.2 Å². The van der Waals surface area contributed by atoms with Gasteiger partial charge in [-0.15, -0.1) is 0 Å². The lowest BCUT2D eigenvalue weighted by atomic mass is 10.1. The molecule has 0 amide bonds. The Morgan fingerprint density at radius 3 is 2.83 bits per heavy atom. The third-order valence-electron chi connectivity index (χ3n) is 7.38. The topological polar surface area (TPSA) is 144 Å². The summed E-state index contributed by atoms with van der Waals surface area (Å²) >= 11 is 0. The van der Waals surface area contributed by atoms with Crippen molar-refractivity contribution in [2.45, 2.75) is 51.2 Å². The van der Waals surface area contributed by atoms with Crippen LogP contribution >= 0.6 is 0 Å². The molecule has 11 nitrogen and oxygen atoms in total. The Kier molecular flexibility index (Phi) is 8.04. The summed E-state index contributed by atoms with van der Waals surface area (Å²) in [4.78, 5) is 34.6. The third-order valence-corrected chi connectivity index (χ3v) is 8.00. The minimum atomic E-state index is -1.36. The maximum Gasteiger partial charge on any atom is 0.332 e. The van der Waals surface area contributed by atoms with Gasteiger partial charge in [0.1, 0.15) is 0 Å². The molecule has 1 saturated heterocycles. The highest BCUT2D eigenvalue weighted by Crippen LogP contribution is 2.27. The van der Waals surface area contributed by atoms with E-state index >= 15 is 0 Å². The molecule has 1 aliphatic heterocycles. The number of aryl methyl sites for hydroxylation is 1. The number of allylic oxidation sites excluding steroid dienone is 3. The molecule has 0 bridgehead atoms. The lowest BCUT2D eigenvalue weighted by Gasteiger charge is -2.32. The fourth-order valence-corrected chi connectivity index (χ4v) is 6.03. The SMILES string of the molecule is Cn1c(=O)n(CC(=CS(C)=O)Nc2cccc(C#N)c2)c(=O)c2c1nc(N1CCCC(N)C1)n2CC1=CCCC1. The van der Waals surface area contributed by atoms with Crippen molar-refractivity contribution >= 4 is 33.6 Å². The Morgan fingerprint density at radius 1 is 1.30 bits per heavy atom. The van der Waals surface area contributed by atoms with E-state index in [-0.39, 0.29) is 12.6 Å². The number of nitrogens with one attached hydrogen (secondary N) is 1. The minimum absolute atomic E-state index is 0.0152. The molecule has 12 heteroatoms. The number of nitriles is 1. The molecule has 0 radical (unpaired) electrons. The number of hydrogen-bond acceptors (Lipinski definition) is 8. The summed E-state index contributed by atoms with van der Waals surface area (Å²) in [6, 6.07) is 8.92. The van der Waals surface area contributed by atoms with Gasteiger partial charge in [-0.3, -0.25) is 18.1 Å². The monoisotopic (exact) mass is 562 g/mol. The summed E-state index contributed by atoms with van der Waals surface area (Å²) in [6.07, 6.45) is 8.64. The van der Waals surface area contributed by atoms with Gasteiger partial charge in [-0.25, -0.2) is 4.79 Å². The van der Waals surface area contributed by atoms with Crippen LogP contribution in [0.2, 0.25) is 0 Å². The zero-order chi connectivity index (χ0) is 28.4. The van der Waals surface area contributed by atoms with Gasteiger partial charge in [-0.2, -0.15) is 10.2 Å². The van der Waals surface area contributed by atoms with Gasteiger partial charge in [0.05, 0.1) is 18.2 Å². The number of nitrogens with zero attached hydrogens (tertiary/aromatic N) is 6. The first-order valence-corrected chi connectivity index (χ1v) is 15.1. The van der Waals surface area contributed by atoms with Gasteiger partial charge >= 0.3 is 5.69 Å². The maximum atomic E-state index is 14.1. The first kappa shape index (κ1) is 27.6. The average molecular weight is 563 g/mol. The van der Waals surface area contributed by atoms with Crippen LogP contribution in [0.15, 0.2) is 56.6 Å². The molecular weight excluding hydrogens is 528 g/mol. The van der Waals surface area contributed by atoms with Crippen molar-refractivity contribution in [3.63, 3.8) is 0 Å². The van der Waals surface area contributed by atoms with E-state index in [0.29, 0.717) is 47.1 Å². The smallest absolute Gasteiger partial charge is 0.332 e. The lowest BCUT2D eigenvalue weighted by Crippen LogP contribution is -2.44. The molecule has 2 aromatic heterocycles. The number of benzene rings is 1. The Labute approximate surface area is 234 Å². The van der Waals surface area contributed by atoms with E-state index in [1.165, 1.54) is 21.8 Å². The van der Waals surface area contributed by atoms with Crippen LogP contribution in [0, 0.1) is 11.3 Å².